The molecular formula is C24H32N6O3S. The molecule has 1 aromatic heterocycles. The van der Waals surface area contributed by atoms with Gasteiger partial charge in [0, 0.05) is 31.2 Å². The van der Waals surface area contributed by atoms with Crippen LogP contribution in [0.2, 0.25) is 0 Å². The summed E-state index contributed by atoms with van der Waals surface area (Å²) in [5, 5.41) is 9.21. The molecule has 1 heterocycles. The summed E-state index contributed by atoms with van der Waals surface area (Å²) in [6.07, 6.45) is 3.38. The molecule has 0 amide bonds. The van der Waals surface area contributed by atoms with Gasteiger partial charge in [0.15, 0.2) is 0 Å². The lowest BCUT2D eigenvalue weighted by molar-refractivity contribution is 0.341. The first-order valence-corrected chi connectivity index (χ1v) is 13.1. The van der Waals surface area contributed by atoms with E-state index in [-0.39, 0.29) is 17.7 Å². The molecule has 34 heavy (non-hydrogen) atoms. The monoisotopic (exact) mass is 484 g/mol. The number of benzene rings is 2. The molecular weight excluding hydrogens is 452 g/mol. The van der Waals surface area contributed by atoms with E-state index >= 15 is 0 Å². The first kappa shape index (κ1) is 24.2. The van der Waals surface area contributed by atoms with Crippen molar-refractivity contribution < 1.29 is 13.2 Å². The predicted octanol–water partition coefficient (Wildman–Crippen LogP) is 3.75. The molecule has 0 radical (unpaired) electrons. The highest BCUT2D eigenvalue weighted by atomic mass is 32.2. The normalized spacial score (nSPS) is 18.7. The Labute approximate surface area is 201 Å². The summed E-state index contributed by atoms with van der Waals surface area (Å²) >= 11 is 0. The number of fused-ring (bicyclic) bond motifs is 1. The highest BCUT2D eigenvalue weighted by molar-refractivity contribution is 7.89. The largest absolute Gasteiger partial charge is 0.494 e. The van der Waals surface area contributed by atoms with Crippen LogP contribution < -0.4 is 20.2 Å². The average molecular weight is 485 g/mol. The Kier molecular flexibility index (Phi) is 7.50. The minimum atomic E-state index is -3.32. The second-order valence-corrected chi connectivity index (χ2v) is 10.6. The number of aromatic nitrogens is 2. The van der Waals surface area contributed by atoms with Gasteiger partial charge in [-0.25, -0.2) is 18.4 Å². The number of hydrazine groups is 1. The second-order valence-electron chi connectivity index (χ2n) is 8.87. The van der Waals surface area contributed by atoms with Gasteiger partial charge in [-0.3, -0.25) is 0 Å². The summed E-state index contributed by atoms with van der Waals surface area (Å²) in [4.78, 5) is 12.1. The fraction of sp³-hybridized carbons (Fsp3) is 0.417. The number of nitrogens with one attached hydrogen (secondary N) is 3. The first-order valence-electron chi connectivity index (χ1n) is 11.4. The molecule has 1 saturated carbocycles. The number of anilines is 3. The number of hydrogen-bond donors (Lipinski definition) is 3. The van der Waals surface area contributed by atoms with Gasteiger partial charge >= 0.3 is 0 Å². The smallest absolute Gasteiger partial charge is 0.225 e. The van der Waals surface area contributed by atoms with Gasteiger partial charge in [0.05, 0.1) is 12.9 Å². The molecule has 4 rings (SSSR count). The maximum atomic E-state index is 12.2. The fourth-order valence-electron chi connectivity index (χ4n) is 4.39. The van der Waals surface area contributed by atoms with Crippen molar-refractivity contribution in [3.05, 3.63) is 48.5 Å². The summed E-state index contributed by atoms with van der Waals surface area (Å²) in [5.41, 5.74) is 1.67. The van der Waals surface area contributed by atoms with Crippen molar-refractivity contribution in [2.75, 3.05) is 37.6 Å². The molecule has 1 aliphatic rings. The lowest BCUT2D eigenvalue weighted by atomic mass is 9.87. The van der Waals surface area contributed by atoms with E-state index in [4.69, 9.17) is 14.7 Å². The fourth-order valence-corrected chi connectivity index (χ4v) is 5.98. The van der Waals surface area contributed by atoms with Crippen LogP contribution in [0.15, 0.2) is 48.5 Å². The molecule has 1 aliphatic carbocycles. The SMILES string of the molecule is COc1cccc2c(Nc3ccccc3)nc(NC3CCC(CS(=O)(=O)NN(C)C)CC3)nc12. The van der Waals surface area contributed by atoms with Crippen LogP contribution in [-0.2, 0) is 10.0 Å². The Morgan fingerprint density at radius 1 is 1.00 bits per heavy atom. The van der Waals surface area contributed by atoms with Crippen molar-refractivity contribution in [1.29, 1.82) is 0 Å². The van der Waals surface area contributed by atoms with E-state index in [2.05, 4.69) is 15.5 Å². The molecule has 0 unspecified atom stereocenters. The quantitative estimate of drug-likeness (QED) is 0.394. The summed E-state index contributed by atoms with van der Waals surface area (Å²) in [6.45, 7) is 0. The zero-order chi connectivity index (χ0) is 24.1. The molecule has 0 spiro atoms. The van der Waals surface area contributed by atoms with E-state index in [1.54, 1.807) is 21.2 Å². The summed E-state index contributed by atoms with van der Waals surface area (Å²) in [7, 11) is 1.67. The third kappa shape index (κ3) is 6.13. The van der Waals surface area contributed by atoms with E-state index in [0.29, 0.717) is 17.5 Å². The number of para-hydroxylation sites is 2. The number of ether oxygens (including phenoxy) is 1. The van der Waals surface area contributed by atoms with E-state index in [9.17, 15) is 8.42 Å². The van der Waals surface area contributed by atoms with Crippen LogP contribution in [0.3, 0.4) is 0 Å². The van der Waals surface area contributed by atoms with Crippen LogP contribution in [0.1, 0.15) is 25.7 Å². The third-order valence-electron chi connectivity index (χ3n) is 5.90. The van der Waals surface area contributed by atoms with Crippen molar-refractivity contribution in [2.45, 2.75) is 31.7 Å². The molecule has 3 N–H and O–H groups in total. The van der Waals surface area contributed by atoms with Crippen molar-refractivity contribution in [2.24, 2.45) is 5.92 Å². The average Bonchev–Trinajstić information content (AvgIpc) is 2.79. The molecule has 0 bridgehead atoms. The molecule has 0 saturated heterocycles. The van der Waals surface area contributed by atoms with Gasteiger partial charge in [-0.15, -0.1) is 4.83 Å². The van der Waals surface area contributed by atoms with Gasteiger partial charge in [-0.05, 0) is 55.9 Å². The molecule has 9 nitrogen and oxygen atoms in total. The Morgan fingerprint density at radius 2 is 1.74 bits per heavy atom. The molecule has 1 fully saturated rings. The molecule has 182 valence electrons. The van der Waals surface area contributed by atoms with Crippen LogP contribution in [0.4, 0.5) is 17.5 Å². The standard InChI is InChI=1S/C24H32N6O3S/c1-30(2)29-34(31,32)16-17-12-14-19(15-13-17)26-24-27-22-20(10-7-11-21(22)33-3)23(28-24)25-18-8-5-4-6-9-18/h4-11,17,19,29H,12-16H2,1-3H3,(H2,25,26,27,28). The molecule has 2 aromatic carbocycles. The molecule has 3 aromatic rings. The molecule has 10 heteroatoms. The summed E-state index contributed by atoms with van der Waals surface area (Å²) in [6, 6.07) is 15.8. The van der Waals surface area contributed by atoms with Crippen LogP contribution in [-0.4, -0.2) is 56.4 Å². The number of hydrogen-bond acceptors (Lipinski definition) is 8. The van der Waals surface area contributed by atoms with Gasteiger partial charge in [0.25, 0.3) is 0 Å². The molecule has 0 aliphatic heterocycles. The highest BCUT2D eigenvalue weighted by Gasteiger charge is 2.26. The van der Waals surface area contributed by atoms with E-state index in [0.717, 1.165) is 42.3 Å². The zero-order valence-electron chi connectivity index (χ0n) is 19.8. The minimum Gasteiger partial charge on any atom is -0.494 e. The third-order valence-corrected chi connectivity index (χ3v) is 7.46. The van der Waals surface area contributed by atoms with E-state index in [1.165, 1.54) is 5.01 Å². The Balaban J connectivity index is 1.50. The number of sulfonamides is 1. The topological polar surface area (TPSA) is 108 Å². The van der Waals surface area contributed by atoms with Crippen molar-refractivity contribution in [1.82, 2.24) is 19.8 Å². The van der Waals surface area contributed by atoms with Crippen LogP contribution in [0.5, 0.6) is 5.75 Å². The van der Waals surface area contributed by atoms with Gasteiger partial charge in [0.1, 0.15) is 17.1 Å². The van der Waals surface area contributed by atoms with E-state index < -0.39 is 10.0 Å². The molecule has 0 atom stereocenters. The van der Waals surface area contributed by atoms with Gasteiger partial charge in [-0.1, -0.05) is 24.3 Å². The van der Waals surface area contributed by atoms with Crippen molar-refractivity contribution >= 4 is 38.4 Å². The van der Waals surface area contributed by atoms with Gasteiger partial charge in [0.2, 0.25) is 16.0 Å². The number of rotatable bonds is 9. The maximum absolute atomic E-state index is 12.2. The summed E-state index contributed by atoms with van der Waals surface area (Å²) < 4.78 is 30.0. The second kappa shape index (κ2) is 10.5. The van der Waals surface area contributed by atoms with E-state index in [1.807, 2.05) is 48.5 Å². The lowest BCUT2D eigenvalue weighted by Crippen LogP contribution is -2.40. The van der Waals surface area contributed by atoms with Crippen LogP contribution >= 0.6 is 0 Å². The number of methoxy groups -OCH3 is 1. The Morgan fingerprint density at radius 3 is 2.41 bits per heavy atom. The Bertz CT molecular complexity index is 1210. The maximum Gasteiger partial charge on any atom is 0.225 e. The number of nitrogens with zero attached hydrogens (tertiary/aromatic N) is 3. The van der Waals surface area contributed by atoms with Crippen LogP contribution in [0, 0.1) is 5.92 Å². The van der Waals surface area contributed by atoms with Crippen molar-refractivity contribution in [3.63, 3.8) is 0 Å². The van der Waals surface area contributed by atoms with Crippen LogP contribution in [0.25, 0.3) is 10.9 Å². The zero-order valence-corrected chi connectivity index (χ0v) is 20.6. The van der Waals surface area contributed by atoms with Gasteiger partial charge < -0.3 is 15.4 Å². The lowest BCUT2D eigenvalue weighted by Gasteiger charge is -2.29. The minimum absolute atomic E-state index is 0.142. The Hall–Kier alpha value is -2.95. The van der Waals surface area contributed by atoms with Gasteiger partial charge in [-0.2, -0.15) is 4.98 Å². The summed E-state index contributed by atoms with van der Waals surface area (Å²) in [5.74, 6) is 2.20. The first-order chi connectivity index (χ1) is 16.3. The predicted molar refractivity (Wildman–Crippen MR) is 136 cm³/mol. The highest BCUT2D eigenvalue weighted by Crippen LogP contribution is 2.32. The van der Waals surface area contributed by atoms with Crippen molar-refractivity contribution in [3.8, 4) is 5.75 Å².